The Labute approximate surface area is 85.1 Å². The quantitative estimate of drug-likeness (QED) is 0.733. The summed E-state index contributed by atoms with van der Waals surface area (Å²) < 4.78 is 0. The first-order chi connectivity index (χ1) is 6.68. The lowest BCUT2D eigenvalue weighted by Crippen LogP contribution is -2.28. The van der Waals surface area contributed by atoms with Gasteiger partial charge in [-0.15, -0.1) is 0 Å². The zero-order valence-electron chi connectivity index (χ0n) is 9.04. The third-order valence-electron chi connectivity index (χ3n) is 2.76. The molecule has 76 valence electrons. The fourth-order valence-corrected chi connectivity index (χ4v) is 2.00. The van der Waals surface area contributed by atoms with Crippen molar-refractivity contribution in [2.75, 3.05) is 26.0 Å². The second kappa shape index (κ2) is 3.58. The maximum absolute atomic E-state index is 4.51. The van der Waals surface area contributed by atoms with Crippen molar-refractivity contribution in [1.29, 1.82) is 0 Å². The fourth-order valence-electron chi connectivity index (χ4n) is 2.00. The number of nitrogens with zero attached hydrogens (tertiary/aromatic N) is 2. The molecule has 1 N–H and O–H groups in total. The average Bonchev–Trinajstić information content (AvgIpc) is 2.16. The van der Waals surface area contributed by atoms with Gasteiger partial charge in [-0.1, -0.05) is 6.07 Å². The highest BCUT2D eigenvalue weighted by Gasteiger charge is 2.22. The van der Waals surface area contributed by atoms with Crippen molar-refractivity contribution in [3.05, 3.63) is 23.4 Å². The number of anilines is 1. The SMILES string of the molecule is Cc1ccc2c(n1)NCCC2N(C)C. The van der Waals surface area contributed by atoms with Gasteiger partial charge in [0.25, 0.3) is 0 Å². The van der Waals surface area contributed by atoms with Crippen LogP contribution < -0.4 is 5.32 Å². The summed E-state index contributed by atoms with van der Waals surface area (Å²) in [5, 5.41) is 3.35. The van der Waals surface area contributed by atoms with Crippen molar-refractivity contribution in [3.63, 3.8) is 0 Å². The van der Waals surface area contributed by atoms with E-state index in [0.717, 1.165) is 24.5 Å². The maximum atomic E-state index is 4.51. The molecular formula is C11H17N3. The van der Waals surface area contributed by atoms with Crippen molar-refractivity contribution < 1.29 is 0 Å². The van der Waals surface area contributed by atoms with E-state index in [-0.39, 0.29) is 0 Å². The molecule has 1 aromatic rings. The monoisotopic (exact) mass is 191 g/mol. The number of hydrogen-bond donors (Lipinski definition) is 1. The molecule has 0 aromatic carbocycles. The summed E-state index contributed by atoms with van der Waals surface area (Å²) in [6.45, 7) is 3.05. The Balaban J connectivity index is 2.40. The second-order valence-electron chi connectivity index (χ2n) is 4.09. The normalized spacial score (nSPS) is 20.4. The Morgan fingerprint density at radius 2 is 2.21 bits per heavy atom. The van der Waals surface area contributed by atoms with Crippen LogP contribution in [0.1, 0.15) is 23.7 Å². The summed E-state index contributed by atoms with van der Waals surface area (Å²) in [6, 6.07) is 4.79. The Bertz CT molecular complexity index is 333. The molecule has 0 amide bonds. The third kappa shape index (κ3) is 1.60. The Morgan fingerprint density at radius 1 is 1.43 bits per heavy atom. The van der Waals surface area contributed by atoms with Gasteiger partial charge in [0.1, 0.15) is 5.82 Å². The number of pyridine rings is 1. The number of nitrogens with one attached hydrogen (secondary N) is 1. The van der Waals surface area contributed by atoms with Crippen LogP contribution in [0.3, 0.4) is 0 Å². The number of aryl methyl sites for hydroxylation is 1. The van der Waals surface area contributed by atoms with E-state index >= 15 is 0 Å². The summed E-state index contributed by atoms with van der Waals surface area (Å²) >= 11 is 0. The largest absolute Gasteiger partial charge is 0.370 e. The topological polar surface area (TPSA) is 28.2 Å². The van der Waals surface area contributed by atoms with E-state index in [2.05, 4.69) is 41.4 Å². The predicted molar refractivity (Wildman–Crippen MR) is 58.5 cm³/mol. The van der Waals surface area contributed by atoms with Crippen LogP contribution in [0.25, 0.3) is 0 Å². The highest BCUT2D eigenvalue weighted by molar-refractivity contribution is 5.48. The molecule has 1 unspecified atom stereocenters. The molecule has 3 nitrogen and oxygen atoms in total. The minimum Gasteiger partial charge on any atom is -0.370 e. The van der Waals surface area contributed by atoms with E-state index < -0.39 is 0 Å². The molecule has 0 spiro atoms. The van der Waals surface area contributed by atoms with Crippen LogP contribution in [0.4, 0.5) is 5.82 Å². The molecule has 3 heteroatoms. The summed E-state index contributed by atoms with van der Waals surface area (Å²) in [6.07, 6.45) is 1.16. The number of aromatic nitrogens is 1. The van der Waals surface area contributed by atoms with Crippen LogP contribution in [0.5, 0.6) is 0 Å². The fraction of sp³-hybridized carbons (Fsp3) is 0.545. The molecule has 0 fully saturated rings. The van der Waals surface area contributed by atoms with Crippen LogP contribution in [-0.2, 0) is 0 Å². The van der Waals surface area contributed by atoms with Gasteiger partial charge in [0, 0.05) is 23.8 Å². The molecule has 0 aliphatic carbocycles. The summed E-state index contributed by atoms with van der Waals surface area (Å²) in [4.78, 5) is 6.77. The van der Waals surface area contributed by atoms with Crippen LogP contribution in [-0.4, -0.2) is 30.5 Å². The number of fused-ring (bicyclic) bond motifs is 1. The highest BCUT2D eigenvalue weighted by atomic mass is 15.1. The number of rotatable bonds is 1. The van der Waals surface area contributed by atoms with E-state index in [9.17, 15) is 0 Å². The standard InChI is InChI=1S/C11H17N3/c1-8-4-5-9-10(14(2)3)6-7-12-11(9)13-8/h4-5,10H,6-7H2,1-3H3,(H,12,13). The van der Waals surface area contributed by atoms with E-state index in [1.54, 1.807) is 0 Å². The first kappa shape index (κ1) is 9.46. The molecule has 0 radical (unpaired) electrons. The average molecular weight is 191 g/mol. The molecule has 2 heterocycles. The molecule has 0 saturated carbocycles. The third-order valence-corrected chi connectivity index (χ3v) is 2.76. The van der Waals surface area contributed by atoms with Crippen molar-refractivity contribution >= 4 is 5.82 Å². The predicted octanol–water partition coefficient (Wildman–Crippen LogP) is 1.81. The molecule has 2 rings (SSSR count). The van der Waals surface area contributed by atoms with E-state index in [1.165, 1.54) is 5.56 Å². The lowest BCUT2D eigenvalue weighted by Gasteiger charge is -2.30. The minimum absolute atomic E-state index is 0.513. The summed E-state index contributed by atoms with van der Waals surface area (Å²) in [5.74, 6) is 1.06. The van der Waals surface area contributed by atoms with Gasteiger partial charge < -0.3 is 10.2 Å². The Hall–Kier alpha value is -1.09. The van der Waals surface area contributed by atoms with Gasteiger partial charge in [0.15, 0.2) is 0 Å². The lowest BCUT2D eigenvalue weighted by molar-refractivity contribution is 0.284. The van der Waals surface area contributed by atoms with E-state index in [0.29, 0.717) is 6.04 Å². The van der Waals surface area contributed by atoms with Crippen LogP contribution in [0, 0.1) is 6.92 Å². The van der Waals surface area contributed by atoms with E-state index in [1.807, 2.05) is 6.92 Å². The second-order valence-corrected chi connectivity index (χ2v) is 4.09. The molecule has 0 saturated heterocycles. The molecular weight excluding hydrogens is 174 g/mol. The van der Waals surface area contributed by atoms with Gasteiger partial charge in [-0.3, -0.25) is 0 Å². The molecule has 0 bridgehead atoms. The summed E-state index contributed by atoms with van der Waals surface area (Å²) in [7, 11) is 4.25. The first-order valence-corrected chi connectivity index (χ1v) is 5.06. The molecule has 1 aromatic heterocycles. The first-order valence-electron chi connectivity index (χ1n) is 5.06. The van der Waals surface area contributed by atoms with Crippen molar-refractivity contribution in [2.24, 2.45) is 0 Å². The van der Waals surface area contributed by atoms with Crippen molar-refractivity contribution in [1.82, 2.24) is 9.88 Å². The maximum Gasteiger partial charge on any atom is 0.131 e. The van der Waals surface area contributed by atoms with Gasteiger partial charge in [0.05, 0.1) is 0 Å². The smallest absolute Gasteiger partial charge is 0.131 e. The van der Waals surface area contributed by atoms with Crippen molar-refractivity contribution in [3.8, 4) is 0 Å². The van der Waals surface area contributed by atoms with Crippen molar-refractivity contribution in [2.45, 2.75) is 19.4 Å². The minimum atomic E-state index is 0.513. The van der Waals surface area contributed by atoms with Gasteiger partial charge in [0.2, 0.25) is 0 Å². The zero-order valence-corrected chi connectivity index (χ0v) is 9.04. The lowest BCUT2D eigenvalue weighted by atomic mass is 10.00. The van der Waals surface area contributed by atoms with E-state index in [4.69, 9.17) is 0 Å². The zero-order chi connectivity index (χ0) is 10.1. The Morgan fingerprint density at radius 3 is 2.93 bits per heavy atom. The molecule has 1 aliphatic heterocycles. The molecule has 1 atom stereocenters. The van der Waals surface area contributed by atoms with Gasteiger partial charge in [-0.25, -0.2) is 4.98 Å². The Kier molecular flexibility index (Phi) is 2.42. The molecule has 1 aliphatic rings. The number of hydrogen-bond acceptors (Lipinski definition) is 3. The molecule has 14 heavy (non-hydrogen) atoms. The van der Waals surface area contributed by atoms with Gasteiger partial charge in [-0.2, -0.15) is 0 Å². The van der Waals surface area contributed by atoms with Gasteiger partial charge in [-0.05, 0) is 33.5 Å². The van der Waals surface area contributed by atoms with Gasteiger partial charge >= 0.3 is 0 Å². The summed E-state index contributed by atoms with van der Waals surface area (Å²) in [5.41, 5.74) is 2.41. The van der Waals surface area contributed by atoms with Crippen LogP contribution >= 0.6 is 0 Å². The van der Waals surface area contributed by atoms with Crippen LogP contribution in [0.15, 0.2) is 12.1 Å². The van der Waals surface area contributed by atoms with Crippen LogP contribution in [0.2, 0.25) is 0 Å². The highest BCUT2D eigenvalue weighted by Crippen LogP contribution is 2.31.